The van der Waals surface area contributed by atoms with Crippen LogP contribution in [-0.4, -0.2) is 0 Å². The first kappa shape index (κ1) is 26.1. The van der Waals surface area contributed by atoms with Gasteiger partial charge in [-0.2, -0.15) is 0 Å². The maximum Gasteiger partial charge on any atom is -0.000718 e. The SMILES string of the molecule is CCCCCCCCCCc1[c]c2c(cc1CCCCCCCCCC)-c1ccccc1C2. The Hall–Kier alpha value is -1.56. The predicted octanol–water partition coefficient (Wildman–Crippen LogP) is 10.4. The number of benzene rings is 2. The molecule has 0 N–H and O–H groups in total. The highest BCUT2D eigenvalue weighted by molar-refractivity contribution is 5.77. The Morgan fingerprint density at radius 1 is 0.606 bits per heavy atom. The van der Waals surface area contributed by atoms with E-state index in [4.69, 9.17) is 0 Å². The van der Waals surface area contributed by atoms with Gasteiger partial charge in [0.05, 0.1) is 0 Å². The molecule has 0 heteroatoms. The average Bonchev–Trinajstić information content (AvgIpc) is 3.19. The molecule has 0 bridgehead atoms. The molecule has 0 spiro atoms. The van der Waals surface area contributed by atoms with Gasteiger partial charge in [-0.05, 0) is 71.6 Å². The molecule has 2 aromatic rings. The van der Waals surface area contributed by atoms with Crippen LogP contribution >= 0.6 is 0 Å². The monoisotopic (exact) mass is 445 g/mol. The van der Waals surface area contributed by atoms with E-state index in [-0.39, 0.29) is 0 Å². The van der Waals surface area contributed by atoms with E-state index in [2.05, 4.69) is 50.2 Å². The first-order valence-corrected chi connectivity index (χ1v) is 14.5. The summed E-state index contributed by atoms with van der Waals surface area (Å²) < 4.78 is 0. The van der Waals surface area contributed by atoms with Crippen molar-refractivity contribution in [2.24, 2.45) is 0 Å². The van der Waals surface area contributed by atoms with E-state index in [9.17, 15) is 0 Å². The minimum Gasteiger partial charge on any atom is -0.0654 e. The molecule has 1 radical (unpaired) electrons. The molecule has 181 valence electrons. The van der Waals surface area contributed by atoms with Crippen molar-refractivity contribution in [2.45, 2.75) is 136 Å². The average molecular weight is 446 g/mol. The van der Waals surface area contributed by atoms with Gasteiger partial charge in [-0.15, -0.1) is 0 Å². The number of hydrogen-bond acceptors (Lipinski definition) is 0. The topological polar surface area (TPSA) is 0 Å². The van der Waals surface area contributed by atoms with Gasteiger partial charge in [0.15, 0.2) is 0 Å². The lowest BCUT2D eigenvalue weighted by molar-refractivity contribution is 0.570. The first-order valence-electron chi connectivity index (χ1n) is 14.5. The zero-order valence-electron chi connectivity index (χ0n) is 21.8. The Balaban J connectivity index is 1.52. The minimum atomic E-state index is 1.08. The quantitative estimate of drug-likeness (QED) is 0.171. The van der Waals surface area contributed by atoms with Gasteiger partial charge in [0.2, 0.25) is 0 Å². The fourth-order valence-corrected chi connectivity index (χ4v) is 5.52. The summed E-state index contributed by atoms with van der Waals surface area (Å²) in [6, 6.07) is 15.5. The lowest BCUT2D eigenvalue weighted by Crippen LogP contribution is -1.99. The molecule has 33 heavy (non-hydrogen) atoms. The predicted molar refractivity (Wildman–Crippen MR) is 146 cm³/mol. The summed E-state index contributed by atoms with van der Waals surface area (Å²) in [6.07, 6.45) is 25.9. The van der Waals surface area contributed by atoms with Crippen LogP contribution in [0, 0.1) is 6.07 Å². The Kier molecular flexibility index (Phi) is 12.1. The van der Waals surface area contributed by atoms with E-state index >= 15 is 0 Å². The summed E-state index contributed by atoms with van der Waals surface area (Å²) in [5.74, 6) is 0. The third kappa shape index (κ3) is 8.62. The minimum absolute atomic E-state index is 1.08. The van der Waals surface area contributed by atoms with Gasteiger partial charge < -0.3 is 0 Å². The summed E-state index contributed by atoms with van der Waals surface area (Å²) in [5.41, 5.74) is 9.01. The second kappa shape index (κ2) is 15.4. The molecule has 2 aromatic carbocycles. The standard InChI is InChI=1S/C33H49/c1-3-5-7-9-11-13-15-17-21-28-25-31-26-30-23-19-20-24-32(30)33(31)27-29(28)22-18-16-14-12-10-8-6-4-2/h19-20,23-24,27H,3-18,21-22,26H2,1-2H3. The van der Waals surface area contributed by atoms with E-state index in [1.54, 1.807) is 5.56 Å². The highest BCUT2D eigenvalue weighted by Crippen LogP contribution is 2.38. The molecule has 0 heterocycles. The van der Waals surface area contributed by atoms with Gasteiger partial charge in [0, 0.05) is 0 Å². The van der Waals surface area contributed by atoms with E-state index < -0.39 is 0 Å². The van der Waals surface area contributed by atoms with Gasteiger partial charge >= 0.3 is 0 Å². The normalized spacial score (nSPS) is 12.2. The second-order valence-corrected chi connectivity index (χ2v) is 10.4. The van der Waals surface area contributed by atoms with Crippen molar-refractivity contribution in [1.82, 2.24) is 0 Å². The summed E-state index contributed by atoms with van der Waals surface area (Å²) in [6.45, 7) is 4.61. The third-order valence-electron chi connectivity index (χ3n) is 7.59. The number of unbranched alkanes of at least 4 members (excludes halogenated alkanes) is 14. The van der Waals surface area contributed by atoms with Crippen LogP contribution in [0.5, 0.6) is 0 Å². The summed E-state index contributed by atoms with van der Waals surface area (Å²) >= 11 is 0. The van der Waals surface area contributed by atoms with E-state index in [0.717, 1.165) is 6.42 Å². The van der Waals surface area contributed by atoms with Gasteiger partial charge in [0.25, 0.3) is 0 Å². The van der Waals surface area contributed by atoms with Gasteiger partial charge in [-0.1, -0.05) is 134 Å². The van der Waals surface area contributed by atoms with Gasteiger partial charge in [-0.3, -0.25) is 0 Å². The maximum atomic E-state index is 3.93. The zero-order valence-corrected chi connectivity index (χ0v) is 21.8. The molecular weight excluding hydrogens is 396 g/mol. The second-order valence-electron chi connectivity index (χ2n) is 10.4. The van der Waals surface area contributed by atoms with Crippen LogP contribution in [0.25, 0.3) is 11.1 Å². The van der Waals surface area contributed by atoms with Crippen molar-refractivity contribution in [3.8, 4) is 11.1 Å². The highest BCUT2D eigenvalue weighted by Gasteiger charge is 2.20. The number of hydrogen-bond donors (Lipinski definition) is 0. The van der Waals surface area contributed by atoms with Crippen LogP contribution in [0.15, 0.2) is 30.3 Å². The Labute approximate surface area is 205 Å². The van der Waals surface area contributed by atoms with Crippen molar-refractivity contribution >= 4 is 0 Å². The Morgan fingerprint density at radius 2 is 1.15 bits per heavy atom. The van der Waals surface area contributed by atoms with Crippen LogP contribution in [0.3, 0.4) is 0 Å². The molecule has 0 aromatic heterocycles. The van der Waals surface area contributed by atoms with Crippen molar-refractivity contribution in [3.63, 3.8) is 0 Å². The summed E-state index contributed by atoms with van der Waals surface area (Å²) in [5, 5.41) is 0. The molecule has 0 aliphatic heterocycles. The van der Waals surface area contributed by atoms with Crippen LogP contribution < -0.4 is 0 Å². The van der Waals surface area contributed by atoms with Crippen molar-refractivity contribution in [2.75, 3.05) is 0 Å². The highest BCUT2D eigenvalue weighted by atomic mass is 14.2. The lowest BCUT2D eigenvalue weighted by Gasteiger charge is -2.13. The van der Waals surface area contributed by atoms with Crippen molar-refractivity contribution in [3.05, 3.63) is 58.7 Å². The van der Waals surface area contributed by atoms with Crippen LogP contribution in [0.1, 0.15) is 139 Å². The Morgan fingerprint density at radius 3 is 1.79 bits per heavy atom. The lowest BCUT2D eigenvalue weighted by atomic mass is 9.91. The fraction of sp³-hybridized carbons (Fsp3) is 0.636. The van der Waals surface area contributed by atoms with Crippen LogP contribution in [-0.2, 0) is 19.3 Å². The molecule has 1 aliphatic carbocycles. The Bertz CT molecular complexity index is 800. The third-order valence-corrected chi connectivity index (χ3v) is 7.59. The number of aryl methyl sites for hydroxylation is 2. The fourth-order valence-electron chi connectivity index (χ4n) is 5.52. The van der Waals surface area contributed by atoms with E-state index in [1.807, 2.05) is 0 Å². The summed E-state index contributed by atoms with van der Waals surface area (Å²) in [7, 11) is 0. The van der Waals surface area contributed by atoms with E-state index in [1.165, 1.54) is 143 Å². The number of rotatable bonds is 18. The van der Waals surface area contributed by atoms with Gasteiger partial charge in [-0.25, -0.2) is 0 Å². The molecule has 0 saturated heterocycles. The molecule has 0 fully saturated rings. The van der Waals surface area contributed by atoms with E-state index in [0.29, 0.717) is 0 Å². The largest absolute Gasteiger partial charge is 0.0654 e. The molecule has 0 atom stereocenters. The molecule has 3 rings (SSSR count). The maximum absolute atomic E-state index is 3.93. The van der Waals surface area contributed by atoms with Gasteiger partial charge in [0.1, 0.15) is 0 Å². The molecule has 0 amide bonds. The molecule has 0 unspecified atom stereocenters. The molecular formula is C33H49. The van der Waals surface area contributed by atoms with Crippen LogP contribution in [0.4, 0.5) is 0 Å². The molecule has 0 nitrogen and oxygen atoms in total. The zero-order chi connectivity index (χ0) is 23.1. The van der Waals surface area contributed by atoms with Crippen LogP contribution in [0.2, 0.25) is 0 Å². The molecule has 0 saturated carbocycles. The summed E-state index contributed by atoms with van der Waals surface area (Å²) in [4.78, 5) is 0. The van der Waals surface area contributed by atoms with Crippen molar-refractivity contribution < 1.29 is 0 Å². The number of fused-ring (bicyclic) bond motifs is 3. The van der Waals surface area contributed by atoms with Crippen molar-refractivity contribution in [1.29, 1.82) is 0 Å². The first-order chi connectivity index (χ1) is 16.3. The molecule has 1 aliphatic rings. The smallest absolute Gasteiger partial charge is 0.000718 e.